The van der Waals surface area contributed by atoms with Crippen LogP contribution in [0.2, 0.25) is 0 Å². The van der Waals surface area contributed by atoms with E-state index in [1.165, 1.54) is 0 Å². The van der Waals surface area contributed by atoms with Gasteiger partial charge in [-0.15, -0.1) is 10.2 Å². The van der Waals surface area contributed by atoms with Crippen LogP contribution in [0.1, 0.15) is 11.4 Å². The molecule has 98 valence electrons. The Morgan fingerprint density at radius 3 is 3.11 bits per heavy atom. The predicted molar refractivity (Wildman–Crippen MR) is 73.6 cm³/mol. The highest BCUT2D eigenvalue weighted by molar-refractivity contribution is 7.99. The summed E-state index contributed by atoms with van der Waals surface area (Å²) < 4.78 is 6.94. The molecule has 1 aromatic heterocycles. The van der Waals surface area contributed by atoms with E-state index in [-0.39, 0.29) is 0 Å². The smallest absolute Gasteiger partial charge is 0.212 e. The number of ether oxygens (including phenoxy) is 1. The minimum absolute atomic E-state index is 0.322. The molecule has 0 saturated carbocycles. The Labute approximate surface area is 114 Å². The van der Waals surface area contributed by atoms with Crippen LogP contribution >= 0.6 is 11.8 Å². The number of benzene rings is 1. The van der Waals surface area contributed by atoms with Gasteiger partial charge in [-0.1, -0.05) is 23.9 Å². The van der Waals surface area contributed by atoms with E-state index < -0.39 is 0 Å². The van der Waals surface area contributed by atoms with Crippen molar-refractivity contribution in [1.29, 1.82) is 0 Å². The average molecular weight is 275 g/mol. The summed E-state index contributed by atoms with van der Waals surface area (Å²) in [6.07, 6.45) is 0. The molecule has 2 N–H and O–H groups in total. The first kappa shape index (κ1) is 12.2. The molecule has 2 aromatic rings. The van der Waals surface area contributed by atoms with Crippen molar-refractivity contribution in [2.24, 2.45) is 10.8 Å². The number of nitrogens with two attached hydrogens (primary N) is 1. The van der Waals surface area contributed by atoms with Crippen LogP contribution in [0, 0.1) is 0 Å². The Hall–Kier alpha value is -1.86. The Balaban J connectivity index is 2.02. The van der Waals surface area contributed by atoms with E-state index in [0.29, 0.717) is 12.4 Å². The number of nitrogens with zero attached hydrogens (tertiary/aromatic N) is 4. The van der Waals surface area contributed by atoms with Gasteiger partial charge in [-0.2, -0.15) is 9.78 Å². The van der Waals surface area contributed by atoms with Crippen molar-refractivity contribution < 1.29 is 4.74 Å². The van der Waals surface area contributed by atoms with E-state index in [2.05, 4.69) is 15.3 Å². The van der Waals surface area contributed by atoms with Crippen molar-refractivity contribution in [3.8, 4) is 5.75 Å². The summed E-state index contributed by atoms with van der Waals surface area (Å²) in [7, 11) is 1.65. The summed E-state index contributed by atoms with van der Waals surface area (Å²) in [6, 6.07) is 7.85. The highest BCUT2D eigenvalue weighted by Crippen LogP contribution is 2.25. The molecule has 3 rings (SSSR count). The van der Waals surface area contributed by atoms with Crippen LogP contribution in [0.5, 0.6) is 5.75 Å². The number of fused-ring (bicyclic) bond motifs is 1. The maximum Gasteiger partial charge on any atom is 0.212 e. The third-order valence-corrected chi connectivity index (χ3v) is 3.75. The Morgan fingerprint density at radius 1 is 1.42 bits per heavy atom. The SMILES string of the molecule is COc1cccc(C2=Nn3c(CN)nnc3SC2)c1. The van der Waals surface area contributed by atoms with Gasteiger partial charge in [0.25, 0.3) is 0 Å². The third-order valence-electron chi connectivity index (χ3n) is 2.82. The minimum Gasteiger partial charge on any atom is -0.497 e. The Kier molecular flexibility index (Phi) is 3.22. The predicted octanol–water partition coefficient (Wildman–Crippen LogP) is 1.10. The zero-order valence-corrected chi connectivity index (χ0v) is 11.2. The van der Waals surface area contributed by atoms with E-state index in [4.69, 9.17) is 10.5 Å². The van der Waals surface area contributed by atoms with Crippen molar-refractivity contribution in [2.75, 3.05) is 12.9 Å². The molecule has 7 heteroatoms. The average Bonchev–Trinajstić information content (AvgIpc) is 2.89. The van der Waals surface area contributed by atoms with Crippen molar-refractivity contribution in [3.63, 3.8) is 0 Å². The van der Waals surface area contributed by atoms with Gasteiger partial charge in [0.05, 0.1) is 19.4 Å². The molecule has 0 aliphatic carbocycles. The van der Waals surface area contributed by atoms with E-state index in [0.717, 1.165) is 27.9 Å². The van der Waals surface area contributed by atoms with Crippen molar-refractivity contribution in [1.82, 2.24) is 14.9 Å². The van der Waals surface area contributed by atoms with Crippen LogP contribution in [0.4, 0.5) is 0 Å². The van der Waals surface area contributed by atoms with Crippen LogP contribution in [-0.2, 0) is 6.54 Å². The molecule has 0 bridgehead atoms. The molecule has 19 heavy (non-hydrogen) atoms. The lowest BCUT2D eigenvalue weighted by Gasteiger charge is -2.14. The fourth-order valence-electron chi connectivity index (χ4n) is 1.84. The second-order valence-electron chi connectivity index (χ2n) is 3.98. The maximum atomic E-state index is 5.63. The summed E-state index contributed by atoms with van der Waals surface area (Å²) in [5.41, 5.74) is 7.63. The van der Waals surface area contributed by atoms with Crippen LogP contribution < -0.4 is 10.5 Å². The van der Waals surface area contributed by atoms with Gasteiger partial charge in [-0.25, -0.2) is 0 Å². The van der Waals surface area contributed by atoms with Crippen molar-refractivity contribution in [2.45, 2.75) is 11.7 Å². The molecule has 0 fully saturated rings. The summed E-state index contributed by atoms with van der Waals surface area (Å²) in [5.74, 6) is 2.25. The molecule has 1 aliphatic heterocycles. The van der Waals surface area contributed by atoms with Gasteiger partial charge < -0.3 is 10.5 Å². The number of thioether (sulfide) groups is 1. The Morgan fingerprint density at radius 2 is 2.32 bits per heavy atom. The van der Waals surface area contributed by atoms with Crippen molar-refractivity contribution >= 4 is 17.5 Å². The summed E-state index contributed by atoms with van der Waals surface area (Å²) in [4.78, 5) is 0. The largest absolute Gasteiger partial charge is 0.497 e. The molecule has 0 spiro atoms. The van der Waals surface area contributed by atoms with E-state index in [1.54, 1.807) is 23.5 Å². The van der Waals surface area contributed by atoms with E-state index >= 15 is 0 Å². The van der Waals surface area contributed by atoms with Gasteiger partial charge in [0.15, 0.2) is 5.82 Å². The molecule has 1 aliphatic rings. The molecule has 0 radical (unpaired) electrons. The van der Waals surface area contributed by atoms with E-state index in [1.807, 2.05) is 24.3 Å². The quantitative estimate of drug-likeness (QED) is 0.907. The van der Waals surface area contributed by atoms with Gasteiger partial charge in [0.1, 0.15) is 5.75 Å². The molecule has 0 unspecified atom stereocenters. The summed E-state index contributed by atoms with van der Waals surface area (Å²) in [6.45, 7) is 0.322. The van der Waals surface area contributed by atoms with Gasteiger partial charge in [0.2, 0.25) is 5.16 Å². The second-order valence-corrected chi connectivity index (χ2v) is 4.92. The lowest BCUT2D eigenvalue weighted by atomic mass is 10.1. The number of rotatable bonds is 3. The number of methoxy groups -OCH3 is 1. The third kappa shape index (κ3) is 2.22. The monoisotopic (exact) mass is 275 g/mol. The van der Waals surface area contributed by atoms with Crippen LogP contribution in [-0.4, -0.2) is 33.4 Å². The Bertz CT molecular complexity index is 637. The van der Waals surface area contributed by atoms with E-state index in [9.17, 15) is 0 Å². The molecular formula is C12H13N5OS. The highest BCUT2D eigenvalue weighted by atomic mass is 32.2. The molecule has 6 nitrogen and oxygen atoms in total. The lowest BCUT2D eigenvalue weighted by Crippen LogP contribution is -2.15. The first-order valence-electron chi connectivity index (χ1n) is 5.81. The standard InChI is InChI=1S/C12H13N5OS/c1-18-9-4-2-3-8(5-9)10-7-19-12-15-14-11(6-13)17(12)16-10/h2-5H,6-7,13H2,1H3. The fourth-order valence-corrected chi connectivity index (χ4v) is 2.70. The molecule has 2 heterocycles. The van der Waals surface area contributed by atoms with Gasteiger partial charge in [-0.3, -0.25) is 0 Å². The zero-order chi connectivity index (χ0) is 13.2. The molecule has 0 amide bonds. The minimum atomic E-state index is 0.322. The number of hydrogen-bond donors (Lipinski definition) is 1. The first-order chi connectivity index (χ1) is 9.31. The van der Waals surface area contributed by atoms with Crippen LogP contribution in [0.3, 0.4) is 0 Å². The fraction of sp³-hybridized carbons (Fsp3) is 0.250. The van der Waals surface area contributed by atoms with Gasteiger partial charge >= 0.3 is 0 Å². The molecule has 1 aromatic carbocycles. The summed E-state index contributed by atoms with van der Waals surface area (Å²) >= 11 is 1.60. The molecular weight excluding hydrogens is 262 g/mol. The van der Waals surface area contributed by atoms with Crippen LogP contribution in [0.15, 0.2) is 34.5 Å². The number of hydrogen-bond acceptors (Lipinski definition) is 6. The molecule has 0 saturated heterocycles. The second kappa shape index (κ2) is 5.02. The van der Waals surface area contributed by atoms with Crippen molar-refractivity contribution in [3.05, 3.63) is 35.7 Å². The molecule has 0 atom stereocenters. The highest BCUT2D eigenvalue weighted by Gasteiger charge is 2.19. The summed E-state index contributed by atoms with van der Waals surface area (Å²) in [5, 5.41) is 13.4. The van der Waals surface area contributed by atoms with Gasteiger partial charge in [0, 0.05) is 11.3 Å². The lowest BCUT2D eigenvalue weighted by molar-refractivity contribution is 0.414. The van der Waals surface area contributed by atoms with Crippen LogP contribution in [0.25, 0.3) is 0 Å². The number of aromatic nitrogens is 3. The zero-order valence-electron chi connectivity index (χ0n) is 10.4. The van der Waals surface area contributed by atoms with Gasteiger partial charge in [-0.05, 0) is 12.1 Å². The normalized spacial score (nSPS) is 13.9. The first-order valence-corrected chi connectivity index (χ1v) is 6.80. The topological polar surface area (TPSA) is 78.3 Å². The maximum absolute atomic E-state index is 5.63.